The van der Waals surface area contributed by atoms with Crippen LogP contribution >= 0.6 is 0 Å². The van der Waals surface area contributed by atoms with E-state index in [0.29, 0.717) is 5.82 Å². The fraction of sp³-hybridized carbons (Fsp3) is 0.267. The molecule has 0 spiro atoms. The number of rotatable bonds is 2. The lowest BCUT2D eigenvalue weighted by atomic mass is 10.2. The Bertz CT molecular complexity index is 773. The fourth-order valence-corrected chi connectivity index (χ4v) is 2.14. The summed E-state index contributed by atoms with van der Waals surface area (Å²) >= 11 is 0. The van der Waals surface area contributed by atoms with Gasteiger partial charge in [0.1, 0.15) is 11.6 Å². The van der Waals surface area contributed by atoms with Gasteiger partial charge >= 0.3 is 0 Å². The van der Waals surface area contributed by atoms with E-state index in [0.717, 1.165) is 28.1 Å². The molecule has 5 heteroatoms. The summed E-state index contributed by atoms with van der Waals surface area (Å²) in [7, 11) is 0. The van der Waals surface area contributed by atoms with E-state index in [9.17, 15) is 0 Å². The van der Waals surface area contributed by atoms with Crippen LogP contribution in [0.3, 0.4) is 0 Å². The van der Waals surface area contributed by atoms with E-state index in [1.807, 2.05) is 42.1 Å². The summed E-state index contributed by atoms with van der Waals surface area (Å²) < 4.78 is 1.83. The molecule has 1 aromatic carbocycles. The second kappa shape index (κ2) is 4.59. The van der Waals surface area contributed by atoms with Gasteiger partial charge in [-0.1, -0.05) is 32.0 Å². The Balaban J connectivity index is 2.28. The summed E-state index contributed by atoms with van der Waals surface area (Å²) in [6, 6.07) is 8.04. The minimum absolute atomic E-state index is 0.221. The van der Waals surface area contributed by atoms with E-state index < -0.39 is 0 Å². The second-order valence-electron chi connectivity index (χ2n) is 5.19. The lowest BCUT2D eigenvalue weighted by Crippen LogP contribution is -2.11. The molecular weight excluding hydrogens is 250 g/mol. The number of hydrogen-bond acceptors (Lipinski definition) is 4. The Morgan fingerprint density at radius 1 is 1.15 bits per heavy atom. The van der Waals surface area contributed by atoms with Crippen LogP contribution in [0.15, 0.2) is 30.5 Å². The van der Waals surface area contributed by atoms with Crippen molar-refractivity contribution in [2.45, 2.75) is 26.7 Å². The molecule has 0 fully saturated rings. The van der Waals surface area contributed by atoms with Gasteiger partial charge in [0.15, 0.2) is 5.82 Å². The second-order valence-corrected chi connectivity index (χ2v) is 5.19. The SMILES string of the molecule is Cc1c(N)nc(C(C)C)nc1-n1ncc2ccccc21. The first-order valence-electron chi connectivity index (χ1n) is 6.65. The number of anilines is 1. The van der Waals surface area contributed by atoms with Crippen LogP contribution in [0.2, 0.25) is 0 Å². The van der Waals surface area contributed by atoms with Gasteiger partial charge in [-0.15, -0.1) is 0 Å². The molecule has 0 saturated carbocycles. The quantitative estimate of drug-likeness (QED) is 0.775. The predicted molar refractivity (Wildman–Crippen MR) is 79.9 cm³/mol. The first kappa shape index (κ1) is 12.6. The maximum Gasteiger partial charge on any atom is 0.162 e. The Morgan fingerprint density at radius 2 is 1.90 bits per heavy atom. The molecule has 2 N–H and O–H groups in total. The topological polar surface area (TPSA) is 69.6 Å². The van der Waals surface area contributed by atoms with E-state index in [1.54, 1.807) is 0 Å². The average molecular weight is 267 g/mol. The highest BCUT2D eigenvalue weighted by molar-refractivity contribution is 5.80. The number of para-hydroxylation sites is 1. The number of nitrogens with zero attached hydrogens (tertiary/aromatic N) is 4. The molecule has 3 rings (SSSR count). The Morgan fingerprint density at radius 3 is 2.65 bits per heavy atom. The molecule has 0 aliphatic rings. The Hall–Kier alpha value is -2.43. The molecule has 102 valence electrons. The van der Waals surface area contributed by atoms with Crippen molar-refractivity contribution in [2.24, 2.45) is 0 Å². The number of hydrogen-bond donors (Lipinski definition) is 1. The highest BCUT2D eigenvalue weighted by Gasteiger charge is 2.14. The van der Waals surface area contributed by atoms with Gasteiger partial charge in [0, 0.05) is 16.9 Å². The van der Waals surface area contributed by atoms with Crippen LogP contribution < -0.4 is 5.73 Å². The van der Waals surface area contributed by atoms with Crippen molar-refractivity contribution in [3.05, 3.63) is 41.9 Å². The predicted octanol–water partition coefficient (Wildman–Crippen LogP) is 2.83. The Labute approximate surface area is 117 Å². The molecule has 20 heavy (non-hydrogen) atoms. The summed E-state index contributed by atoms with van der Waals surface area (Å²) in [5.41, 5.74) is 7.88. The molecule has 0 aliphatic heterocycles. The summed E-state index contributed by atoms with van der Waals surface area (Å²) in [5.74, 6) is 2.22. The zero-order valence-corrected chi connectivity index (χ0v) is 11.8. The van der Waals surface area contributed by atoms with Gasteiger partial charge in [0.25, 0.3) is 0 Å². The smallest absolute Gasteiger partial charge is 0.162 e. The third-order valence-electron chi connectivity index (χ3n) is 3.37. The van der Waals surface area contributed by atoms with Crippen molar-refractivity contribution in [1.82, 2.24) is 19.7 Å². The van der Waals surface area contributed by atoms with E-state index in [2.05, 4.69) is 28.9 Å². The minimum atomic E-state index is 0.221. The van der Waals surface area contributed by atoms with Crippen LogP contribution in [0.1, 0.15) is 31.2 Å². The van der Waals surface area contributed by atoms with Crippen LogP contribution in [0.4, 0.5) is 5.82 Å². The summed E-state index contributed by atoms with van der Waals surface area (Å²) in [5, 5.41) is 5.52. The zero-order valence-electron chi connectivity index (χ0n) is 11.8. The lowest BCUT2D eigenvalue weighted by molar-refractivity contribution is 0.749. The van der Waals surface area contributed by atoms with Gasteiger partial charge in [-0.25, -0.2) is 14.6 Å². The number of nitrogens with two attached hydrogens (primary N) is 1. The maximum absolute atomic E-state index is 6.02. The first-order chi connectivity index (χ1) is 9.58. The van der Waals surface area contributed by atoms with Crippen LogP contribution in [0.5, 0.6) is 0 Å². The van der Waals surface area contributed by atoms with E-state index in [4.69, 9.17) is 5.73 Å². The molecule has 0 aliphatic carbocycles. The third-order valence-corrected chi connectivity index (χ3v) is 3.37. The normalized spacial score (nSPS) is 11.4. The standard InChI is InChI=1S/C15H17N5/c1-9(2)14-18-13(16)10(3)15(19-14)20-12-7-5-4-6-11(12)8-17-20/h4-9H,1-3H3,(H2,16,18,19). The van der Waals surface area contributed by atoms with Gasteiger partial charge in [-0.2, -0.15) is 5.10 Å². The van der Waals surface area contributed by atoms with Crippen molar-refractivity contribution in [3.8, 4) is 5.82 Å². The zero-order chi connectivity index (χ0) is 14.3. The highest BCUT2D eigenvalue weighted by Crippen LogP contribution is 2.23. The molecule has 0 atom stereocenters. The molecule has 2 heterocycles. The van der Waals surface area contributed by atoms with Gasteiger partial charge in [0.2, 0.25) is 0 Å². The molecule has 3 aromatic rings. The Kier molecular flexibility index (Phi) is 2.89. The van der Waals surface area contributed by atoms with Crippen LogP contribution in [-0.4, -0.2) is 19.7 Å². The average Bonchev–Trinajstić information content (AvgIpc) is 2.85. The molecule has 0 radical (unpaired) electrons. The first-order valence-corrected chi connectivity index (χ1v) is 6.65. The molecule has 2 aromatic heterocycles. The summed E-state index contributed by atoms with van der Waals surface area (Å²) in [6.07, 6.45) is 1.84. The van der Waals surface area contributed by atoms with E-state index in [-0.39, 0.29) is 5.92 Å². The largest absolute Gasteiger partial charge is 0.383 e. The van der Waals surface area contributed by atoms with E-state index in [1.165, 1.54) is 0 Å². The maximum atomic E-state index is 6.02. The van der Waals surface area contributed by atoms with Gasteiger partial charge < -0.3 is 5.73 Å². The molecule has 0 saturated heterocycles. The molecule has 0 bridgehead atoms. The van der Waals surface area contributed by atoms with Crippen molar-refractivity contribution in [3.63, 3.8) is 0 Å². The van der Waals surface area contributed by atoms with Crippen LogP contribution in [0, 0.1) is 6.92 Å². The molecular formula is C15H17N5. The molecule has 5 nitrogen and oxygen atoms in total. The van der Waals surface area contributed by atoms with Crippen molar-refractivity contribution >= 4 is 16.7 Å². The molecule has 0 amide bonds. The lowest BCUT2D eigenvalue weighted by Gasteiger charge is -2.12. The number of fused-ring (bicyclic) bond motifs is 1. The number of aromatic nitrogens is 4. The number of benzene rings is 1. The molecule has 0 unspecified atom stereocenters. The third kappa shape index (κ3) is 1.91. The van der Waals surface area contributed by atoms with Crippen molar-refractivity contribution in [2.75, 3.05) is 5.73 Å². The highest BCUT2D eigenvalue weighted by atomic mass is 15.3. The van der Waals surface area contributed by atoms with Gasteiger partial charge in [-0.05, 0) is 13.0 Å². The van der Waals surface area contributed by atoms with Gasteiger partial charge in [0.05, 0.1) is 11.7 Å². The van der Waals surface area contributed by atoms with E-state index >= 15 is 0 Å². The monoisotopic (exact) mass is 267 g/mol. The van der Waals surface area contributed by atoms with Crippen LogP contribution in [-0.2, 0) is 0 Å². The van der Waals surface area contributed by atoms with Crippen LogP contribution in [0.25, 0.3) is 16.7 Å². The van der Waals surface area contributed by atoms with Gasteiger partial charge in [-0.3, -0.25) is 0 Å². The summed E-state index contributed by atoms with van der Waals surface area (Å²) in [6.45, 7) is 6.02. The minimum Gasteiger partial charge on any atom is -0.383 e. The summed E-state index contributed by atoms with van der Waals surface area (Å²) in [4.78, 5) is 8.98. The van der Waals surface area contributed by atoms with Crippen molar-refractivity contribution < 1.29 is 0 Å². The fourth-order valence-electron chi connectivity index (χ4n) is 2.14. The van der Waals surface area contributed by atoms with Crippen molar-refractivity contribution in [1.29, 1.82) is 0 Å². The number of nitrogen functional groups attached to an aromatic ring is 1.